The monoisotopic (exact) mass is 375 g/mol. The second kappa shape index (κ2) is 6.94. The van der Waals surface area contributed by atoms with Crippen LogP contribution in [0.5, 0.6) is 0 Å². The van der Waals surface area contributed by atoms with Gasteiger partial charge in [0.1, 0.15) is 0 Å². The van der Waals surface area contributed by atoms with Crippen molar-refractivity contribution in [2.75, 3.05) is 31.6 Å². The first-order valence-electron chi connectivity index (χ1n) is 10.4. The number of nitrogens with zero attached hydrogens (tertiary/aromatic N) is 2. The topological polar surface area (TPSA) is 31.5 Å². The molecular formula is C24H29N3O. The minimum Gasteiger partial charge on any atom is -0.372 e. The Morgan fingerprint density at radius 3 is 2.61 bits per heavy atom. The SMILES string of the molecule is CC1CN(c2ccc3c(c2)CN(C)CC3c2ccc3[nH]ccc3c2)CC(C)O1. The molecule has 4 heteroatoms. The van der Waals surface area contributed by atoms with Gasteiger partial charge in [0.2, 0.25) is 0 Å². The number of rotatable bonds is 2. The van der Waals surface area contributed by atoms with E-state index < -0.39 is 0 Å². The highest BCUT2D eigenvalue weighted by molar-refractivity contribution is 5.80. The maximum absolute atomic E-state index is 5.92. The van der Waals surface area contributed by atoms with E-state index >= 15 is 0 Å². The number of fused-ring (bicyclic) bond motifs is 2. The summed E-state index contributed by atoms with van der Waals surface area (Å²) in [7, 11) is 2.23. The summed E-state index contributed by atoms with van der Waals surface area (Å²) in [5.41, 5.74) is 6.87. The molecule has 2 aromatic carbocycles. The van der Waals surface area contributed by atoms with E-state index in [1.807, 2.05) is 6.20 Å². The van der Waals surface area contributed by atoms with Crippen LogP contribution in [-0.4, -0.2) is 48.8 Å². The van der Waals surface area contributed by atoms with Gasteiger partial charge in [-0.15, -0.1) is 0 Å². The minimum absolute atomic E-state index is 0.281. The molecule has 1 saturated heterocycles. The number of likely N-dealkylation sites (N-methyl/N-ethyl adjacent to an activating group) is 1. The number of ether oxygens (including phenoxy) is 1. The summed E-state index contributed by atoms with van der Waals surface area (Å²) >= 11 is 0. The molecule has 1 fully saturated rings. The molecular weight excluding hydrogens is 346 g/mol. The Morgan fingerprint density at radius 1 is 0.964 bits per heavy atom. The second-order valence-corrected chi connectivity index (χ2v) is 8.62. The van der Waals surface area contributed by atoms with Crippen molar-refractivity contribution >= 4 is 16.6 Å². The third-order valence-electron chi connectivity index (χ3n) is 6.20. The van der Waals surface area contributed by atoms with Crippen molar-refractivity contribution in [2.45, 2.75) is 38.5 Å². The highest BCUT2D eigenvalue weighted by Crippen LogP contribution is 2.36. The molecule has 2 aliphatic heterocycles. The van der Waals surface area contributed by atoms with Crippen molar-refractivity contribution in [1.29, 1.82) is 0 Å². The number of hydrogen-bond donors (Lipinski definition) is 1. The summed E-state index contributed by atoms with van der Waals surface area (Å²) in [6.07, 6.45) is 2.58. The average molecular weight is 376 g/mol. The predicted octanol–water partition coefficient (Wildman–Crippen LogP) is 4.36. The highest BCUT2D eigenvalue weighted by Gasteiger charge is 2.27. The average Bonchev–Trinajstić information content (AvgIpc) is 3.13. The molecule has 3 atom stereocenters. The molecule has 0 amide bonds. The zero-order valence-electron chi connectivity index (χ0n) is 17.0. The Labute approximate surface area is 167 Å². The number of aromatic amines is 1. The fourth-order valence-corrected chi connectivity index (χ4v) is 4.99. The number of hydrogen-bond acceptors (Lipinski definition) is 3. The quantitative estimate of drug-likeness (QED) is 0.722. The van der Waals surface area contributed by atoms with E-state index in [-0.39, 0.29) is 12.2 Å². The van der Waals surface area contributed by atoms with Crippen molar-refractivity contribution in [3.05, 3.63) is 65.4 Å². The molecule has 0 spiro atoms. The lowest BCUT2D eigenvalue weighted by Crippen LogP contribution is -2.45. The van der Waals surface area contributed by atoms with Crippen LogP contribution in [0.1, 0.15) is 36.5 Å². The molecule has 3 aromatic rings. The Morgan fingerprint density at radius 2 is 1.79 bits per heavy atom. The van der Waals surface area contributed by atoms with Gasteiger partial charge in [-0.25, -0.2) is 0 Å². The fraction of sp³-hybridized carbons (Fsp3) is 0.417. The largest absolute Gasteiger partial charge is 0.372 e. The van der Waals surface area contributed by atoms with Crippen LogP contribution in [0.4, 0.5) is 5.69 Å². The van der Waals surface area contributed by atoms with Crippen LogP contribution in [0, 0.1) is 0 Å². The number of benzene rings is 2. The summed E-state index contributed by atoms with van der Waals surface area (Å²) in [5, 5.41) is 1.29. The smallest absolute Gasteiger partial charge is 0.0726 e. The van der Waals surface area contributed by atoms with Crippen LogP contribution in [0.15, 0.2) is 48.7 Å². The van der Waals surface area contributed by atoms with Crippen LogP contribution in [-0.2, 0) is 11.3 Å². The van der Waals surface area contributed by atoms with Gasteiger partial charge in [0.05, 0.1) is 12.2 Å². The normalized spacial score (nSPS) is 25.8. The standard InChI is InChI=1S/C24H29N3O/c1-16-12-27(13-17(2)28-16)21-5-6-22-20(11-21)14-26(3)15-23(22)18-4-7-24-19(10-18)8-9-25-24/h4-11,16-17,23,25H,12-15H2,1-3H3. The number of anilines is 1. The molecule has 0 bridgehead atoms. The van der Waals surface area contributed by atoms with E-state index in [9.17, 15) is 0 Å². The number of aromatic nitrogens is 1. The van der Waals surface area contributed by atoms with Gasteiger partial charge in [0.25, 0.3) is 0 Å². The zero-order chi connectivity index (χ0) is 19.3. The van der Waals surface area contributed by atoms with Crippen molar-refractivity contribution < 1.29 is 4.74 Å². The van der Waals surface area contributed by atoms with Crippen LogP contribution >= 0.6 is 0 Å². The lowest BCUT2D eigenvalue weighted by molar-refractivity contribution is -0.00522. The second-order valence-electron chi connectivity index (χ2n) is 8.62. The summed E-state index contributed by atoms with van der Waals surface area (Å²) < 4.78 is 5.92. The van der Waals surface area contributed by atoms with E-state index in [2.05, 4.69) is 78.1 Å². The van der Waals surface area contributed by atoms with Crippen LogP contribution in [0.2, 0.25) is 0 Å². The van der Waals surface area contributed by atoms with Crippen LogP contribution in [0.25, 0.3) is 10.9 Å². The highest BCUT2D eigenvalue weighted by atomic mass is 16.5. The van der Waals surface area contributed by atoms with Gasteiger partial charge in [-0.2, -0.15) is 0 Å². The Balaban J connectivity index is 1.50. The van der Waals surface area contributed by atoms with E-state index in [1.54, 1.807) is 0 Å². The van der Waals surface area contributed by atoms with Crippen LogP contribution < -0.4 is 4.90 Å². The first-order valence-corrected chi connectivity index (χ1v) is 10.4. The molecule has 5 rings (SSSR count). The lowest BCUT2D eigenvalue weighted by Gasteiger charge is -2.38. The van der Waals surface area contributed by atoms with Gasteiger partial charge >= 0.3 is 0 Å². The lowest BCUT2D eigenvalue weighted by atomic mass is 9.84. The predicted molar refractivity (Wildman–Crippen MR) is 115 cm³/mol. The molecule has 0 aliphatic carbocycles. The molecule has 1 aromatic heterocycles. The first kappa shape index (κ1) is 17.8. The summed E-state index contributed by atoms with van der Waals surface area (Å²) in [4.78, 5) is 8.23. The fourth-order valence-electron chi connectivity index (χ4n) is 4.99. The Hall–Kier alpha value is -2.30. The molecule has 1 N–H and O–H groups in total. The first-order chi connectivity index (χ1) is 13.6. The Kier molecular flexibility index (Phi) is 4.41. The van der Waals surface area contributed by atoms with Crippen molar-refractivity contribution in [1.82, 2.24) is 9.88 Å². The summed E-state index contributed by atoms with van der Waals surface area (Å²) in [5.74, 6) is 0.421. The third-order valence-corrected chi connectivity index (χ3v) is 6.20. The van der Waals surface area contributed by atoms with Gasteiger partial charge in [-0.1, -0.05) is 12.1 Å². The molecule has 3 unspecified atom stereocenters. The molecule has 3 heterocycles. The molecule has 0 radical (unpaired) electrons. The number of morpholine rings is 1. The maximum atomic E-state index is 5.92. The van der Waals surface area contributed by atoms with Crippen molar-refractivity contribution in [3.63, 3.8) is 0 Å². The van der Waals surface area contributed by atoms with E-state index in [4.69, 9.17) is 4.74 Å². The molecule has 146 valence electrons. The van der Waals surface area contributed by atoms with Crippen molar-refractivity contribution in [3.8, 4) is 0 Å². The van der Waals surface area contributed by atoms with Crippen LogP contribution in [0.3, 0.4) is 0 Å². The zero-order valence-corrected chi connectivity index (χ0v) is 17.0. The van der Waals surface area contributed by atoms with E-state index in [0.29, 0.717) is 5.92 Å². The summed E-state index contributed by atoms with van der Waals surface area (Å²) in [6, 6.07) is 16.1. The molecule has 2 aliphatic rings. The van der Waals surface area contributed by atoms with Gasteiger partial charge in [-0.05, 0) is 73.3 Å². The van der Waals surface area contributed by atoms with E-state index in [0.717, 1.165) is 26.2 Å². The Bertz CT molecular complexity index is 984. The van der Waals surface area contributed by atoms with E-state index in [1.165, 1.54) is 33.3 Å². The third kappa shape index (κ3) is 3.21. The number of nitrogens with one attached hydrogen (secondary N) is 1. The van der Waals surface area contributed by atoms with Gasteiger partial charge in [0.15, 0.2) is 0 Å². The van der Waals surface area contributed by atoms with Gasteiger partial charge in [-0.3, -0.25) is 0 Å². The molecule has 28 heavy (non-hydrogen) atoms. The molecule has 4 nitrogen and oxygen atoms in total. The molecule has 0 saturated carbocycles. The summed E-state index contributed by atoms with van der Waals surface area (Å²) in [6.45, 7) is 8.35. The maximum Gasteiger partial charge on any atom is 0.0726 e. The van der Waals surface area contributed by atoms with Gasteiger partial charge < -0.3 is 19.5 Å². The van der Waals surface area contributed by atoms with Gasteiger partial charge in [0, 0.05) is 49.5 Å². The number of H-pyrrole nitrogens is 1. The van der Waals surface area contributed by atoms with Crippen molar-refractivity contribution in [2.24, 2.45) is 0 Å². The minimum atomic E-state index is 0.281.